The molecular formula is C19H23N3O7S. The molecule has 2 aromatic rings. The molecule has 0 aromatic heterocycles. The molecule has 11 heteroatoms. The van der Waals surface area contributed by atoms with Gasteiger partial charge in [0.2, 0.25) is 5.75 Å². The topological polar surface area (TPSA) is 129 Å². The number of rotatable bonds is 9. The summed E-state index contributed by atoms with van der Waals surface area (Å²) in [4.78, 5) is 12.8. The van der Waals surface area contributed by atoms with Crippen molar-refractivity contribution in [1.82, 2.24) is 4.83 Å². The van der Waals surface area contributed by atoms with E-state index in [2.05, 4.69) is 9.93 Å². The van der Waals surface area contributed by atoms with Crippen molar-refractivity contribution < 1.29 is 27.6 Å². The van der Waals surface area contributed by atoms with Crippen molar-refractivity contribution >= 4 is 21.9 Å². The van der Waals surface area contributed by atoms with E-state index in [4.69, 9.17) is 14.2 Å². The van der Waals surface area contributed by atoms with E-state index in [1.165, 1.54) is 38.5 Å². The summed E-state index contributed by atoms with van der Waals surface area (Å²) in [5.74, 6) is 0.276. The molecule has 0 spiro atoms. The van der Waals surface area contributed by atoms with Crippen LogP contribution in [0.5, 0.6) is 17.2 Å². The SMILES string of the molecule is COc1ccc(C)cc1S(=O)(=O)N/N=C/c1cc(OC)c(OC(C)C)c([N+](=O)[O-])c1. The number of benzene rings is 2. The minimum Gasteiger partial charge on any atom is -0.495 e. The number of nitrogens with zero attached hydrogens (tertiary/aromatic N) is 2. The van der Waals surface area contributed by atoms with Gasteiger partial charge in [-0.3, -0.25) is 10.1 Å². The van der Waals surface area contributed by atoms with Crippen LogP contribution in [0.2, 0.25) is 0 Å². The fourth-order valence-corrected chi connectivity index (χ4v) is 3.58. The van der Waals surface area contributed by atoms with E-state index in [1.54, 1.807) is 26.8 Å². The zero-order valence-corrected chi connectivity index (χ0v) is 18.0. The number of methoxy groups -OCH3 is 2. The smallest absolute Gasteiger partial charge is 0.315 e. The lowest BCUT2D eigenvalue weighted by Crippen LogP contribution is -2.19. The Hall–Kier alpha value is -3.34. The van der Waals surface area contributed by atoms with E-state index in [-0.39, 0.29) is 39.5 Å². The zero-order valence-electron chi connectivity index (χ0n) is 17.2. The third-order valence-electron chi connectivity index (χ3n) is 3.82. The summed E-state index contributed by atoms with van der Waals surface area (Å²) in [5, 5.41) is 15.2. The number of hydrazone groups is 1. The van der Waals surface area contributed by atoms with Gasteiger partial charge >= 0.3 is 5.69 Å². The van der Waals surface area contributed by atoms with Gasteiger partial charge in [-0.25, -0.2) is 0 Å². The van der Waals surface area contributed by atoms with Crippen LogP contribution in [0.25, 0.3) is 0 Å². The molecule has 0 aliphatic carbocycles. The first-order chi connectivity index (χ1) is 14.1. The molecule has 0 fully saturated rings. The molecule has 0 radical (unpaired) electrons. The Morgan fingerprint density at radius 3 is 2.37 bits per heavy atom. The second kappa shape index (κ2) is 9.44. The van der Waals surface area contributed by atoms with Crippen LogP contribution >= 0.6 is 0 Å². The van der Waals surface area contributed by atoms with Crippen LogP contribution < -0.4 is 19.0 Å². The summed E-state index contributed by atoms with van der Waals surface area (Å²) in [6.07, 6.45) is 0.822. The van der Waals surface area contributed by atoms with Crippen LogP contribution in [0.15, 0.2) is 40.3 Å². The predicted octanol–water partition coefficient (Wildman–Crippen LogP) is 3.02. The molecule has 0 saturated carbocycles. The number of hydrogen-bond donors (Lipinski definition) is 1. The maximum absolute atomic E-state index is 12.6. The molecule has 0 amide bonds. The van der Waals surface area contributed by atoms with Crippen LogP contribution in [0, 0.1) is 17.0 Å². The van der Waals surface area contributed by atoms with Gasteiger partial charge < -0.3 is 14.2 Å². The van der Waals surface area contributed by atoms with Gasteiger partial charge in [0.05, 0.1) is 31.5 Å². The van der Waals surface area contributed by atoms with E-state index in [9.17, 15) is 18.5 Å². The van der Waals surface area contributed by atoms with Gasteiger partial charge in [0.25, 0.3) is 10.0 Å². The molecule has 0 atom stereocenters. The molecule has 30 heavy (non-hydrogen) atoms. The third-order valence-corrected chi connectivity index (χ3v) is 5.07. The predicted molar refractivity (Wildman–Crippen MR) is 111 cm³/mol. The van der Waals surface area contributed by atoms with E-state index in [0.29, 0.717) is 0 Å². The quantitative estimate of drug-likeness (QED) is 0.362. The van der Waals surface area contributed by atoms with Gasteiger partial charge in [0.15, 0.2) is 5.75 Å². The van der Waals surface area contributed by atoms with Crippen molar-refractivity contribution in [2.75, 3.05) is 14.2 Å². The fourth-order valence-electron chi connectivity index (χ4n) is 2.54. The van der Waals surface area contributed by atoms with Gasteiger partial charge in [-0.05, 0) is 44.5 Å². The molecule has 162 valence electrons. The molecule has 1 N–H and O–H groups in total. The molecule has 0 unspecified atom stereocenters. The van der Waals surface area contributed by atoms with Crippen molar-refractivity contribution in [2.24, 2.45) is 5.10 Å². The Balaban J connectivity index is 2.37. The first-order valence-corrected chi connectivity index (χ1v) is 10.3. The Labute approximate surface area is 174 Å². The summed E-state index contributed by atoms with van der Waals surface area (Å²) < 4.78 is 40.9. The van der Waals surface area contributed by atoms with Crippen LogP contribution in [0.3, 0.4) is 0 Å². The van der Waals surface area contributed by atoms with Gasteiger partial charge in [-0.15, -0.1) is 0 Å². The van der Waals surface area contributed by atoms with Crippen LogP contribution in [0.1, 0.15) is 25.0 Å². The molecule has 2 rings (SSSR count). The second-order valence-corrected chi connectivity index (χ2v) is 8.13. The first kappa shape index (κ1) is 22.9. The van der Waals surface area contributed by atoms with E-state index >= 15 is 0 Å². The molecule has 0 saturated heterocycles. The lowest BCUT2D eigenvalue weighted by Gasteiger charge is -2.14. The first-order valence-electron chi connectivity index (χ1n) is 8.81. The van der Waals surface area contributed by atoms with Gasteiger partial charge in [-0.2, -0.15) is 18.4 Å². The van der Waals surface area contributed by atoms with E-state index in [0.717, 1.165) is 11.8 Å². The fraction of sp³-hybridized carbons (Fsp3) is 0.316. The Morgan fingerprint density at radius 2 is 1.80 bits per heavy atom. The van der Waals surface area contributed by atoms with Gasteiger partial charge in [-0.1, -0.05) is 6.07 Å². The number of nitrogens with one attached hydrogen (secondary N) is 1. The monoisotopic (exact) mass is 437 g/mol. The lowest BCUT2D eigenvalue weighted by molar-refractivity contribution is -0.386. The number of nitro groups is 1. The highest BCUT2D eigenvalue weighted by Gasteiger charge is 2.23. The molecule has 0 bridgehead atoms. The highest BCUT2D eigenvalue weighted by molar-refractivity contribution is 7.89. The summed E-state index contributed by atoms with van der Waals surface area (Å²) in [6, 6.07) is 7.37. The van der Waals surface area contributed by atoms with Crippen LogP contribution in [-0.2, 0) is 10.0 Å². The molecule has 0 heterocycles. The highest BCUT2D eigenvalue weighted by atomic mass is 32.2. The Bertz CT molecular complexity index is 1070. The maximum atomic E-state index is 12.6. The van der Waals surface area contributed by atoms with Crippen molar-refractivity contribution in [3.63, 3.8) is 0 Å². The minimum absolute atomic E-state index is 0.0141. The van der Waals surface area contributed by atoms with Crippen LogP contribution in [0.4, 0.5) is 5.69 Å². The summed E-state index contributed by atoms with van der Waals surface area (Å²) >= 11 is 0. The van der Waals surface area contributed by atoms with E-state index in [1.807, 2.05) is 0 Å². The van der Waals surface area contributed by atoms with Crippen molar-refractivity contribution in [3.8, 4) is 17.2 Å². The second-order valence-electron chi connectivity index (χ2n) is 6.50. The Morgan fingerprint density at radius 1 is 1.13 bits per heavy atom. The standard InChI is InChI=1S/C19H23N3O7S/c1-12(2)29-19-15(22(23)24)9-14(10-17(19)28-5)11-20-21-30(25,26)18-8-13(3)6-7-16(18)27-4/h6-12,21H,1-5H3/b20-11+. The largest absolute Gasteiger partial charge is 0.495 e. The summed E-state index contributed by atoms with van der Waals surface area (Å²) in [6.45, 7) is 5.20. The number of nitro benzene ring substituents is 1. The molecule has 2 aromatic carbocycles. The molecule has 10 nitrogen and oxygen atoms in total. The molecule has 0 aliphatic heterocycles. The summed E-state index contributed by atoms with van der Waals surface area (Å²) in [7, 11) is -1.32. The molecule has 0 aliphatic rings. The minimum atomic E-state index is -4.02. The Kier molecular flexibility index (Phi) is 7.22. The van der Waals surface area contributed by atoms with Crippen molar-refractivity contribution in [1.29, 1.82) is 0 Å². The number of aryl methyl sites for hydroxylation is 1. The zero-order chi connectivity index (χ0) is 22.5. The summed E-state index contributed by atoms with van der Waals surface area (Å²) in [5.41, 5.74) is 0.641. The lowest BCUT2D eigenvalue weighted by atomic mass is 10.2. The number of ether oxygens (including phenoxy) is 3. The average molecular weight is 437 g/mol. The van der Waals surface area contributed by atoms with Gasteiger partial charge in [0, 0.05) is 11.6 Å². The number of sulfonamides is 1. The third kappa shape index (κ3) is 5.38. The average Bonchev–Trinajstić information content (AvgIpc) is 2.67. The maximum Gasteiger partial charge on any atom is 0.315 e. The van der Waals surface area contributed by atoms with Gasteiger partial charge in [0.1, 0.15) is 10.6 Å². The van der Waals surface area contributed by atoms with E-state index < -0.39 is 14.9 Å². The highest BCUT2D eigenvalue weighted by Crippen LogP contribution is 2.38. The van der Waals surface area contributed by atoms with Crippen molar-refractivity contribution in [2.45, 2.75) is 31.8 Å². The van der Waals surface area contributed by atoms with Crippen LogP contribution in [-0.4, -0.2) is 39.9 Å². The number of hydrogen-bond acceptors (Lipinski definition) is 8. The van der Waals surface area contributed by atoms with Crippen molar-refractivity contribution in [3.05, 3.63) is 51.6 Å². The molecular weight excluding hydrogens is 414 g/mol. The normalized spacial score (nSPS) is 11.5.